The molecule has 0 aromatic heterocycles. The lowest BCUT2D eigenvalue weighted by Gasteiger charge is -2.23. The van der Waals surface area contributed by atoms with Gasteiger partial charge in [0.25, 0.3) is 0 Å². The van der Waals surface area contributed by atoms with E-state index in [0.717, 1.165) is 12.5 Å². The van der Waals surface area contributed by atoms with Crippen molar-refractivity contribution in [3.63, 3.8) is 0 Å². The van der Waals surface area contributed by atoms with Crippen molar-refractivity contribution in [3.05, 3.63) is 0 Å². The molecule has 2 N–H and O–H groups in total. The molecule has 0 bridgehead atoms. The Bertz CT molecular complexity index is 156. The van der Waals surface area contributed by atoms with Crippen LogP contribution < -0.4 is 5.73 Å². The molecule has 0 aliphatic carbocycles. The number of hydrogen-bond acceptors (Lipinski definition) is 3. The summed E-state index contributed by atoms with van der Waals surface area (Å²) in [6.45, 7) is 7.81. The predicted molar refractivity (Wildman–Crippen MR) is 56.7 cm³/mol. The van der Waals surface area contributed by atoms with Crippen LogP contribution >= 0.6 is 0 Å². The maximum absolute atomic E-state index is 5.78. The van der Waals surface area contributed by atoms with Crippen LogP contribution in [0.2, 0.25) is 0 Å². The molecule has 0 saturated carbocycles. The Morgan fingerprint density at radius 2 is 2.08 bits per heavy atom. The second-order valence-electron chi connectivity index (χ2n) is 4.70. The third-order valence-electron chi connectivity index (χ3n) is 2.86. The Morgan fingerprint density at radius 3 is 2.46 bits per heavy atom. The van der Waals surface area contributed by atoms with E-state index >= 15 is 0 Å². The Balaban J connectivity index is 2.40. The third kappa shape index (κ3) is 2.93. The van der Waals surface area contributed by atoms with Crippen LogP contribution in [-0.4, -0.2) is 55.6 Å². The minimum atomic E-state index is 0.299. The zero-order chi connectivity index (χ0) is 10.0. The summed E-state index contributed by atoms with van der Waals surface area (Å²) in [4.78, 5) is 4.80. The molecule has 1 aliphatic rings. The van der Waals surface area contributed by atoms with E-state index in [0.29, 0.717) is 12.1 Å². The molecule has 1 fully saturated rings. The summed E-state index contributed by atoms with van der Waals surface area (Å²) in [7, 11) is 4.33. The van der Waals surface area contributed by atoms with Gasteiger partial charge in [-0.05, 0) is 26.9 Å². The van der Waals surface area contributed by atoms with Gasteiger partial charge in [-0.25, -0.2) is 0 Å². The van der Waals surface area contributed by atoms with Gasteiger partial charge in [0.15, 0.2) is 0 Å². The van der Waals surface area contributed by atoms with Crippen molar-refractivity contribution in [2.24, 2.45) is 11.7 Å². The molecule has 3 atom stereocenters. The van der Waals surface area contributed by atoms with E-state index in [1.165, 1.54) is 13.1 Å². The fraction of sp³-hybridized carbons (Fsp3) is 1.00. The third-order valence-corrected chi connectivity index (χ3v) is 2.86. The van der Waals surface area contributed by atoms with E-state index in [1.54, 1.807) is 0 Å². The monoisotopic (exact) mass is 185 g/mol. The van der Waals surface area contributed by atoms with Gasteiger partial charge in [-0.2, -0.15) is 0 Å². The lowest BCUT2D eigenvalue weighted by atomic mass is 10.1. The second kappa shape index (κ2) is 4.40. The highest BCUT2D eigenvalue weighted by Crippen LogP contribution is 2.19. The zero-order valence-electron chi connectivity index (χ0n) is 9.33. The normalized spacial score (nSPS) is 32.8. The maximum Gasteiger partial charge on any atom is 0.0254 e. The highest BCUT2D eigenvalue weighted by molar-refractivity contribution is 4.87. The SMILES string of the molecule is CC1CN(C[C@H](C)N)CC1N(C)C. The molecule has 0 aromatic carbocycles. The highest BCUT2D eigenvalue weighted by Gasteiger charge is 2.30. The minimum Gasteiger partial charge on any atom is -0.327 e. The smallest absolute Gasteiger partial charge is 0.0254 e. The van der Waals surface area contributed by atoms with Crippen LogP contribution in [0.5, 0.6) is 0 Å². The molecule has 3 nitrogen and oxygen atoms in total. The molecule has 1 heterocycles. The molecule has 1 saturated heterocycles. The summed E-state index contributed by atoms with van der Waals surface area (Å²) in [5.74, 6) is 0.772. The van der Waals surface area contributed by atoms with Crippen LogP contribution in [0.25, 0.3) is 0 Å². The first kappa shape index (κ1) is 11.0. The van der Waals surface area contributed by atoms with E-state index in [-0.39, 0.29) is 0 Å². The van der Waals surface area contributed by atoms with Crippen LogP contribution in [0.1, 0.15) is 13.8 Å². The molecular weight excluding hydrogens is 162 g/mol. The van der Waals surface area contributed by atoms with Crippen LogP contribution in [0.4, 0.5) is 0 Å². The number of hydrogen-bond donors (Lipinski definition) is 1. The molecule has 0 spiro atoms. The van der Waals surface area contributed by atoms with E-state index in [9.17, 15) is 0 Å². The van der Waals surface area contributed by atoms with E-state index in [4.69, 9.17) is 5.73 Å². The van der Waals surface area contributed by atoms with Crippen molar-refractivity contribution >= 4 is 0 Å². The molecule has 0 aromatic rings. The molecule has 0 amide bonds. The Kier molecular flexibility index (Phi) is 3.71. The fourth-order valence-corrected chi connectivity index (χ4v) is 2.28. The predicted octanol–water partition coefficient (Wildman–Crippen LogP) is 0.216. The largest absolute Gasteiger partial charge is 0.327 e. The lowest BCUT2D eigenvalue weighted by Crippen LogP contribution is -2.37. The number of nitrogens with two attached hydrogens (primary N) is 1. The number of likely N-dealkylation sites (tertiary alicyclic amines) is 1. The first-order valence-electron chi connectivity index (χ1n) is 5.15. The second-order valence-corrected chi connectivity index (χ2v) is 4.70. The highest BCUT2D eigenvalue weighted by atomic mass is 15.2. The van der Waals surface area contributed by atoms with Crippen LogP contribution in [-0.2, 0) is 0 Å². The minimum absolute atomic E-state index is 0.299. The summed E-state index contributed by atoms with van der Waals surface area (Å²) in [6, 6.07) is 1.01. The maximum atomic E-state index is 5.78. The standard InChI is InChI=1S/C10H23N3/c1-8-5-13(6-9(2)11)7-10(8)12(3)4/h8-10H,5-7,11H2,1-4H3/t8?,9-,10?/m0/s1. The molecule has 3 heteroatoms. The number of rotatable bonds is 3. The van der Waals surface area contributed by atoms with Gasteiger partial charge in [0.1, 0.15) is 0 Å². The van der Waals surface area contributed by atoms with E-state index in [2.05, 4.69) is 37.7 Å². The van der Waals surface area contributed by atoms with Crippen molar-refractivity contribution in [3.8, 4) is 0 Å². The van der Waals surface area contributed by atoms with E-state index in [1.807, 2.05) is 0 Å². The molecule has 0 radical (unpaired) electrons. The molecule has 1 aliphatic heterocycles. The first-order chi connectivity index (χ1) is 6.00. The Labute approximate surface area is 81.9 Å². The summed E-state index contributed by atoms with van der Waals surface area (Å²) in [6.07, 6.45) is 0. The van der Waals surface area contributed by atoms with Crippen molar-refractivity contribution < 1.29 is 0 Å². The van der Waals surface area contributed by atoms with Gasteiger partial charge in [0, 0.05) is 31.7 Å². The summed E-state index contributed by atoms with van der Waals surface area (Å²) in [5.41, 5.74) is 5.78. The van der Waals surface area contributed by atoms with Gasteiger partial charge in [0.2, 0.25) is 0 Å². The van der Waals surface area contributed by atoms with Gasteiger partial charge in [-0.15, -0.1) is 0 Å². The van der Waals surface area contributed by atoms with Crippen molar-refractivity contribution in [2.45, 2.75) is 25.9 Å². The first-order valence-corrected chi connectivity index (χ1v) is 5.15. The molecule has 1 rings (SSSR count). The zero-order valence-corrected chi connectivity index (χ0v) is 9.33. The Hall–Kier alpha value is -0.120. The Morgan fingerprint density at radius 1 is 1.46 bits per heavy atom. The number of likely N-dealkylation sites (N-methyl/N-ethyl adjacent to an activating group) is 1. The summed E-state index contributed by atoms with van der Waals surface area (Å²) < 4.78 is 0. The van der Waals surface area contributed by atoms with Gasteiger partial charge in [0.05, 0.1) is 0 Å². The van der Waals surface area contributed by atoms with Gasteiger partial charge in [-0.1, -0.05) is 6.92 Å². The molecule has 78 valence electrons. The van der Waals surface area contributed by atoms with Crippen LogP contribution in [0, 0.1) is 5.92 Å². The number of nitrogens with zero attached hydrogens (tertiary/aromatic N) is 2. The summed E-state index contributed by atoms with van der Waals surface area (Å²) >= 11 is 0. The van der Waals surface area contributed by atoms with Crippen LogP contribution in [0.3, 0.4) is 0 Å². The fourth-order valence-electron chi connectivity index (χ4n) is 2.28. The van der Waals surface area contributed by atoms with E-state index < -0.39 is 0 Å². The van der Waals surface area contributed by atoms with Crippen LogP contribution in [0.15, 0.2) is 0 Å². The quantitative estimate of drug-likeness (QED) is 0.682. The molecule has 2 unspecified atom stereocenters. The van der Waals surface area contributed by atoms with Crippen molar-refractivity contribution in [2.75, 3.05) is 33.7 Å². The molecule has 13 heavy (non-hydrogen) atoms. The van der Waals surface area contributed by atoms with Gasteiger partial charge >= 0.3 is 0 Å². The van der Waals surface area contributed by atoms with Crippen molar-refractivity contribution in [1.82, 2.24) is 9.80 Å². The molecular formula is C10H23N3. The van der Waals surface area contributed by atoms with Crippen molar-refractivity contribution in [1.29, 1.82) is 0 Å². The van der Waals surface area contributed by atoms with Gasteiger partial charge in [-0.3, -0.25) is 4.90 Å². The van der Waals surface area contributed by atoms with Gasteiger partial charge < -0.3 is 10.6 Å². The lowest BCUT2D eigenvalue weighted by molar-refractivity contribution is 0.249. The summed E-state index contributed by atoms with van der Waals surface area (Å²) in [5, 5.41) is 0. The topological polar surface area (TPSA) is 32.5 Å². The average molecular weight is 185 g/mol. The average Bonchev–Trinajstić information content (AvgIpc) is 2.29.